The molecule has 4 nitrogen and oxygen atoms in total. The molecule has 0 spiro atoms. The van der Waals surface area contributed by atoms with Gasteiger partial charge in [-0.05, 0) is 51.0 Å². The van der Waals surface area contributed by atoms with Crippen LogP contribution >= 0.6 is 15.9 Å². The van der Waals surface area contributed by atoms with E-state index in [2.05, 4.69) is 21.2 Å². The van der Waals surface area contributed by atoms with E-state index in [0.717, 1.165) is 15.6 Å². The van der Waals surface area contributed by atoms with Crippen LogP contribution in [0.2, 0.25) is 0 Å². The fourth-order valence-electron chi connectivity index (χ4n) is 2.60. The number of allylic oxidation sites excluding steroid dienone is 2. The molecule has 0 radical (unpaired) electrons. The highest BCUT2D eigenvalue weighted by Crippen LogP contribution is 2.35. The lowest BCUT2D eigenvalue weighted by atomic mass is 9.76. The van der Waals surface area contributed by atoms with Gasteiger partial charge in [0.25, 0.3) is 0 Å². The number of nitrogens with one attached hydrogen (secondary N) is 1. The lowest BCUT2D eigenvalue weighted by molar-refractivity contribution is -0.146. The van der Waals surface area contributed by atoms with Crippen molar-refractivity contribution in [3.8, 4) is 0 Å². The standard InChI is InChI=1S/C16H18BrNO3/c1-9-7-13(14(16(20)21)8-10(9)2)15(19)18-12-5-3-11(17)4-6-12/h3-6,13-14H,7-8H2,1-2H3,(H,18,19)(H,20,21)/t13-,14-/m0/s1. The van der Waals surface area contributed by atoms with Crippen molar-refractivity contribution < 1.29 is 14.7 Å². The molecule has 2 rings (SSSR count). The lowest BCUT2D eigenvalue weighted by Crippen LogP contribution is -2.36. The Hall–Kier alpha value is -1.62. The summed E-state index contributed by atoms with van der Waals surface area (Å²) in [5.41, 5.74) is 2.87. The summed E-state index contributed by atoms with van der Waals surface area (Å²) in [4.78, 5) is 23.8. The van der Waals surface area contributed by atoms with Gasteiger partial charge in [-0.3, -0.25) is 9.59 Å². The Morgan fingerprint density at radius 3 is 2.14 bits per heavy atom. The van der Waals surface area contributed by atoms with E-state index in [1.807, 2.05) is 26.0 Å². The Bertz CT molecular complexity index is 592. The molecule has 1 amide bonds. The Kier molecular flexibility index (Phi) is 4.83. The number of hydrogen-bond acceptors (Lipinski definition) is 2. The van der Waals surface area contributed by atoms with E-state index < -0.39 is 17.8 Å². The van der Waals surface area contributed by atoms with Crippen LogP contribution in [-0.4, -0.2) is 17.0 Å². The molecular weight excluding hydrogens is 334 g/mol. The number of amides is 1. The molecule has 1 aliphatic rings. The average molecular weight is 352 g/mol. The van der Waals surface area contributed by atoms with Crippen molar-refractivity contribution in [1.82, 2.24) is 0 Å². The van der Waals surface area contributed by atoms with Crippen molar-refractivity contribution in [3.05, 3.63) is 39.9 Å². The molecule has 0 unspecified atom stereocenters. The van der Waals surface area contributed by atoms with Crippen molar-refractivity contribution in [2.75, 3.05) is 5.32 Å². The molecule has 1 aromatic carbocycles. The number of carbonyl (C=O) groups is 2. The largest absolute Gasteiger partial charge is 0.481 e. The summed E-state index contributed by atoms with van der Waals surface area (Å²) in [7, 11) is 0. The van der Waals surface area contributed by atoms with Crippen molar-refractivity contribution in [3.63, 3.8) is 0 Å². The number of carbonyl (C=O) groups excluding carboxylic acids is 1. The number of carboxylic acid groups (broad SMARTS) is 1. The van der Waals surface area contributed by atoms with Gasteiger partial charge in [-0.2, -0.15) is 0 Å². The highest BCUT2D eigenvalue weighted by molar-refractivity contribution is 9.10. The van der Waals surface area contributed by atoms with Gasteiger partial charge >= 0.3 is 5.97 Å². The molecule has 0 aliphatic heterocycles. The first-order valence-corrected chi connectivity index (χ1v) is 7.62. The fourth-order valence-corrected chi connectivity index (χ4v) is 2.86. The summed E-state index contributed by atoms with van der Waals surface area (Å²) in [6.45, 7) is 3.90. The van der Waals surface area contributed by atoms with Crippen molar-refractivity contribution in [2.45, 2.75) is 26.7 Å². The van der Waals surface area contributed by atoms with E-state index >= 15 is 0 Å². The third-order valence-electron chi connectivity index (χ3n) is 4.03. The van der Waals surface area contributed by atoms with Gasteiger partial charge in [-0.1, -0.05) is 27.1 Å². The Morgan fingerprint density at radius 1 is 1.10 bits per heavy atom. The van der Waals surface area contributed by atoms with E-state index in [1.165, 1.54) is 0 Å². The predicted octanol–water partition coefficient (Wildman–Crippen LogP) is 3.83. The smallest absolute Gasteiger partial charge is 0.307 e. The molecule has 0 saturated carbocycles. The minimum Gasteiger partial charge on any atom is -0.481 e. The highest BCUT2D eigenvalue weighted by Gasteiger charge is 2.37. The number of anilines is 1. The normalized spacial score (nSPS) is 22.0. The topological polar surface area (TPSA) is 66.4 Å². The summed E-state index contributed by atoms with van der Waals surface area (Å²) >= 11 is 3.33. The highest BCUT2D eigenvalue weighted by atomic mass is 79.9. The van der Waals surface area contributed by atoms with E-state index in [-0.39, 0.29) is 5.91 Å². The zero-order valence-electron chi connectivity index (χ0n) is 12.0. The molecule has 0 bridgehead atoms. The first-order chi connectivity index (χ1) is 9.88. The number of aliphatic carboxylic acids is 1. The number of benzene rings is 1. The van der Waals surface area contributed by atoms with Crippen molar-refractivity contribution in [1.29, 1.82) is 0 Å². The maximum absolute atomic E-state index is 12.4. The molecule has 0 fully saturated rings. The molecule has 1 aliphatic carbocycles. The third-order valence-corrected chi connectivity index (χ3v) is 4.56. The first kappa shape index (κ1) is 15.8. The maximum atomic E-state index is 12.4. The molecular formula is C16H18BrNO3. The van der Waals surface area contributed by atoms with Crippen molar-refractivity contribution in [2.24, 2.45) is 11.8 Å². The van der Waals surface area contributed by atoms with Crippen molar-refractivity contribution >= 4 is 33.5 Å². The lowest BCUT2D eigenvalue weighted by Gasteiger charge is -2.29. The second-order valence-electron chi connectivity index (χ2n) is 5.52. The minimum absolute atomic E-state index is 0.225. The van der Waals surface area contributed by atoms with Gasteiger partial charge in [0.2, 0.25) is 5.91 Å². The van der Waals surface area contributed by atoms with Gasteiger partial charge < -0.3 is 10.4 Å². The summed E-state index contributed by atoms with van der Waals surface area (Å²) in [5.74, 6) is -2.30. The number of halogens is 1. The molecule has 21 heavy (non-hydrogen) atoms. The summed E-state index contributed by atoms with van der Waals surface area (Å²) in [6, 6.07) is 7.24. The molecule has 0 saturated heterocycles. The van der Waals surface area contributed by atoms with Crippen LogP contribution in [0, 0.1) is 11.8 Å². The molecule has 0 heterocycles. The number of hydrogen-bond donors (Lipinski definition) is 2. The van der Waals surface area contributed by atoms with Crippen LogP contribution in [0.4, 0.5) is 5.69 Å². The molecule has 112 valence electrons. The Labute approximate surface area is 132 Å². The van der Waals surface area contributed by atoms with Crippen LogP contribution in [-0.2, 0) is 9.59 Å². The van der Waals surface area contributed by atoms with Crippen LogP contribution in [0.1, 0.15) is 26.7 Å². The number of rotatable bonds is 3. The van der Waals surface area contributed by atoms with Crippen LogP contribution in [0.15, 0.2) is 39.9 Å². The third kappa shape index (κ3) is 3.73. The SMILES string of the molecule is CC1=C(C)C[C@H](C(=O)Nc2ccc(Br)cc2)[C@@H](C(=O)O)C1. The average Bonchev–Trinajstić information content (AvgIpc) is 2.43. The van der Waals surface area contributed by atoms with Gasteiger partial charge in [-0.15, -0.1) is 0 Å². The Balaban J connectivity index is 2.16. The monoisotopic (exact) mass is 351 g/mol. The quantitative estimate of drug-likeness (QED) is 0.813. The molecule has 1 aromatic rings. The zero-order chi connectivity index (χ0) is 15.6. The Morgan fingerprint density at radius 2 is 1.62 bits per heavy atom. The van der Waals surface area contributed by atoms with Gasteiger partial charge in [0.15, 0.2) is 0 Å². The van der Waals surface area contributed by atoms with E-state index in [4.69, 9.17) is 0 Å². The van der Waals surface area contributed by atoms with Crippen LogP contribution in [0.5, 0.6) is 0 Å². The second kappa shape index (κ2) is 6.43. The van der Waals surface area contributed by atoms with Gasteiger partial charge in [-0.25, -0.2) is 0 Å². The van der Waals surface area contributed by atoms with E-state index in [0.29, 0.717) is 18.5 Å². The summed E-state index contributed by atoms with van der Waals surface area (Å²) in [5, 5.41) is 12.2. The van der Waals surface area contributed by atoms with Crippen LogP contribution in [0.3, 0.4) is 0 Å². The molecule has 2 atom stereocenters. The molecule has 2 N–H and O–H groups in total. The maximum Gasteiger partial charge on any atom is 0.307 e. The van der Waals surface area contributed by atoms with Gasteiger partial charge in [0.1, 0.15) is 0 Å². The van der Waals surface area contributed by atoms with Gasteiger partial charge in [0, 0.05) is 10.2 Å². The predicted molar refractivity (Wildman–Crippen MR) is 85.0 cm³/mol. The first-order valence-electron chi connectivity index (χ1n) is 6.83. The summed E-state index contributed by atoms with van der Waals surface area (Å²) in [6.07, 6.45) is 0.949. The number of carboxylic acids is 1. The zero-order valence-corrected chi connectivity index (χ0v) is 13.6. The second-order valence-corrected chi connectivity index (χ2v) is 6.43. The van der Waals surface area contributed by atoms with Crippen LogP contribution in [0.25, 0.3) is 0 Å². The van der Waals surface area contributed by atoms with Crippen LogP contribution < -0.4 is 5.32 Å². The fraction of sp³-hybridized carbons (Fsp3) is 0.375. The van der Waals surface area contributed by atoms with E-state index in [1.54, 1.807) is 12.1 Å². The van der Waals surface area contributed by atoms with E-state index in [9.17, 15) is 14.7 Å². The summed E-state index contributed by atoms with van der Waals surface area (Å²) < 4.78 is 0.927. The molecule has 0 aromatic heterocycles. The van der Waals surface area contributed by atoms with Gasteiger partial charge in [0.05, 0.1) is 11.8 Å². The molecule has 5 heteroatoms. The minimum atomic E-state index is -0.905.